The van der Waals surface area contributed by atoms with Crippen LogP contribution in [0, 0.1) is 0 Å². The van der Waals surface area contributed by atoms with Crippen molar-refractivity contribution in [3.63, 3.8) is 0 Å². The van der Waals surface area contributed by atoms with Crippen molar-refractivity contribution in [1.29, 1.82) is 0 Å². The fourth-order valence-corrected chi connectivity index (χ4v) is 2.33. The number of para-hydroxylation sites is 1. The zero-order valence-electron chi connectivity index (χ0n) is 9.10. The molecule has 1 aliphatic rings. The van der Waals surface area contributed by atoms with Crippen LogP contribution in [0.3, 0.4) is 0 Å². The second-order valence-corrected chi connectivity index (χ2v) is 4.21. The predicted molar refractivity (Wildman–Crippen MR) is 63.2 cm³/mol. The van der Waals surface area contributed by atoms with Crippen molar-refractivity contribution in [1.82, 2.24) is 9.55 Å². The van der Waals surface area contributed by atoms with Crippen molar-refractivity contribution >= 4 is 16.7 Å². The van der Waals surface area contributed by atoms with E-state index in [0.29, 0.717) is 6.04 Å². The number of nitrogen functional groups attached to an aromatic ring is 1. The standard InChI is InChI=1S/C12H15N3O/c13-10-2-1-3-11-12(10)14-8-15(11)9-4-6-16-7-5-9/h1-3,8-9H,4-7,13H2. The minimum atomic E-state index is 0.501. The topological polar surface area (TPSA) is 53.1 Å². The highest BCUT2D eigenvalue weighted by atomic mass is 16.5. The summed E-state index contributed by atoms with van der Waals surface area (Å²) >= 11 is 0. The van der Waals surface area contributed by atoms with Gasteiger partial charge >= 0.3 is 0 Å². The van der Waals surface area contributed by atoms with Gasteiger partial charge < -0.3 is 15.0 Å². The van der Waals surface area contributed by atoms with Crippen molar-refractivity contribution in [3.8, 4) is 0 Å². The number of fused-ring (bicyclic) bond motifs is 1. The highest BCUT2D eigenvalue weighted by Gasteiger charge is 2.17. The van der Waals surface area contributed by atoms with Gasteiger partial charge in [-0.15, -0.1) is 0 Å². The molecule has 0 saturated carbocycles. The third-order valence-electron chi connectivity index (χ3n) is 3.22. The molecule has 0 radical (unpaired) electrons. The number of aromatic nitrogens is 2. The summed E-state index contributed by atoms with van der Waals surface area (Å²) in [5.41, 5.74) is 8.69. The van der Waals surface area contributed by atoms with E-state index in [2.05, 4.69) is 15.6 Å². The van der Waals surface area contributed by atoms with Gasteiger partial charge in [-0.05, 0) is 25.0 Å². The molecule has 2 N–H and O–H groups in total. The lowest BCUT2D eigenvalue weighted by Crippen LogP contribution is -2.18. The van der Waals surface area contributed by atoms with Crippen molar-refractivity contribution in [2.24, 2.45) is 0 Å². The molecule has 1 aromatic carbocycles. The van der Waals surface area contributed by atoms with Gasteiger partial charge in [0, 0.05) is 19.3 Å². The van der Waals surface area contributed by atoms with Crippen LogP contribution in [0.15, 0.2) is 24.5 Å². The Balaban J connectivity index is 2.06. The van der Waals surface area contributed by atoms with Crippen molar-refractivity contribution in [2.75, 3.05) is 18.9 Å². The molecule has 1 fully saturated rings. The van der Waals surface area contributed by atoms with Crippen molar-refractivity contribution in [2.45, 2.75) is 18.9 Å². The molecule has 84 valence electrons. The highest BCUT2D eigenvalue weighted by Crippen LogP contribution is 2.27. The van der Waals surface area contributed by atoms with Crippen LogP contribution in [0.25, 0.3) is 11.0 Å². The van der Waals surface area contributed by atoms with E-state index >= 15 is 0 Å². The zero-order valence-corrected chi connectivity index (χ0v) is 9.10. The summed E-state index contributed by atoms with van der Waals surface area (Å²) in [6.45, 7) is 1.68. The Morgan fingerprint density at radius 1 is 1.31 bits per heavy atom. The van der Waals surface area contributed by atoms with Crippen molar-refractivity contribution < 1.29 is 4.74 Å². The lowest BCUT2D eigenvalue weighted by Gasteiger charge is -2.23. The molecule has 0 aliphatic carbocycles. The third kappa shape index (κ3) is 1.46. The van der Waals surface area contributed by atoms with E-state index in [1.165, 1.54) is 0 Å². The SMILES string of the molecule is Nc1cccc2c1ncn2C1CCOCC1. The summed E-state index contributed by atoms with van der Waals surface area (Å²) in [6.07, 6.45) is 4.01. The maximum atomic E-state index is 5.90. The number of anilines is 1. The van der Waals surface area contributed by atoms with Gasteiger partial charge in [0.15, 0.2) is 0 Å². The largest absolute Gasteiger partial charge is 0.397 e. The normalized spacial score (nSPS) is 18.0. The van der Waals surface area contributed by atoms with Gasteiger partial charge in [-0.25, -0.2) is 4.98 Å². The molecule has 4 heteroatoms. The molecule has 0 unspecified atom stereocenters. The Bertz CT molecular complexity index is 500. The van der Waals surface area contributed by atoms with E-state index in [-0.39, 0.29) is 0 Å². The van der Waals surface area contributed by atoms with E-state index in [1.54, 1.807) is 0 Å². The fourth-order valence-electron chi connectivity index (χ4n) is 2.33. The fraction of sp³-hybridized carbons (Fsp3) is 0.417. The second-order valence-electron chi connectivity index (χ2n) is 4.21. The second kappa shape index (κ2) is 3.79. The minimum Gasteiger partial charge on any atom is -0.397 e. The van der Waals surface area contributed by atoms with Crippen LogP contribution in [-0.2, 0) is 4.74 Å². The monoisotopic (exact) mass is 217 g/mol. The van der Waals surface area contributed by atoms with Gasteiger partial charge in [0.25, 0.3) is 0 Å². The van der Waals surface area contributed by atoms with E-state index in [4.69, 9.17) is 10.5 Å². The molecule has 2 heterocycles. The van der Waals surface area contributed by atoms with Gasteiger partial charge in [0.2, 0.25) is 0 Å². The number of hydrogen-bond donors (Lipinski definition) is 1. The average molecular weight is 217 g/mol. The van der Waals surface area contributed by atoms with Crippen LogP contribution >= 0.6 is 0 Å². The van der Waals surface area contributed by atoms with Crippen LogP contribution in [0.2, 0.25) is 0 Å². The number of nitrogens with zero attached hydrogens (tertiary/aromatic N) is 2. The Morgan fingerprint density at radius 3 is 2.94 bits per heavy atom. The smallest absolute Gasteiger partial charge is 0.111 e. The molecule has 0 atom stereocenters. The first kappa shape index (κ1) is 9.66. The molecule has 0 bridgehead atoms. The van der Waals surface area contributed by atoms with Gasteiger partial charge in [-0.2, -0.15) is 0 Å². The number of ether oxygens (including phenoxy) is 1. The molecular weight excluding hydrogens is 202 g/mol. The quantitative estimate of drug-likeness (QED) is 0.743. The van der Waals surface area contributed by atoms with Crippen molar-refractivity contribution in [3.05, 3.63) is 24.5 Å². The Labute approximate surface area is 94.0 Å². The summed E-state index contributed by atoms with van der Waals surface area (Å²) < 4.78 is 7.61. The van der Waals surface area contributed by atoms with E-state index < -0.39 is 0 Å². The van der Waals surface area contributed by atoms with Crippen LogP contribution < -0.4 is 5.73 Å². The maximum absolute atomic E-state index is 5.90. The van der Waals surface area contributed by atoms with E-state index in [0.717, 1.165) is 42.8 Å². The number of nitrogens with two attached hydrogens (primary N) is 1. The Kier molecular flexibility index (Phi) is 2.29. The lowest BCUT2D eigenvalue weighted by molar-refractivity contribution is 0.0706. The highest BCUT2D eigenvalue weighted by molar-refractivity contribution is 5.87. The average Bonchev–Trinajstić information content (AvgIpc) is 2.75. The summed E-state index contributed by atoms with van der Waals surface area (Å²) in [5.74, 6) is 0. The van der Waals surface area contributed by atoms with Crippen LogP contribution in [0.5, 0.6) is 0 Å². The Morgan fingerprint density at radius 2 is 2.12 bits per heavy atom. The molecule has 1 saturated heterocycles. The van der Waals surface area contributed by atoms with Gasteiger partial charge in [-0.1, -0.05) is 6.07 Å². The first-order valence-corrected chi connectivity index (χ1v) is 5.65. The summed E-state index contributed by atoms with van der Waals surface area (Å²) in [5, 5.41) is 0. The molecular formula is C12H15N3O. The minimum absolute atomic E-state index is 0.501. The van der Waals surface area contributed by atoms with E-state index in [1.807, 2.05) is 18.5 Å². The summed E-state index contributed by atoms with van der Waals surface area (Å²) in [6, 6.07) is 6.45. The number of hydrogen-bond acceptors (Lipinski definition) is 3. The van der Waals surface area contributed by atoms with Crippen LogP contribution in [0.4, 0.5) is 5.69 Å². The molecule has 1 aromatic heterocycles. The molecule has 3 rings (SSSR count). The Hall–Kier alpha value is -1.55. The zero-order chi connectivity index (χ0) is 11.0. The summed E-state index contributed by atoms with van der Waals surface area (Å²) in [7, 11) is 0. The molecule has 2 aromatic rings. The van der Waals surface area contributed by atoms with Gasteiger partial charge in [-0.3, -0.25) is 0 Å². The molecule has 0 amide bonds. The third-order valence-corrected chi connectivity index (χ3v) is 3.22. The lowest BCUT2D eigenvalue weighted by atomic mass is 10.1. The number of benzene rings is 1. The van der Waals surface area contributed by atoms with Crippen LogP contribution in [-0.4, -0.2) is 22.8 Å². The number of imidazole rings is 1. The van der Waals surface area contributed by atoms with E-state index in [9.17, 15) is 0 Å². The molecule has 1 aliphatic heterocycles. The number of rotatable bonds is 1. The first-order valence-electron chi connectivity index (χ1n) is 5.65. The maximum Gasteiger partial charge on any atom is 0.111 e. The van der Waals surface area contributed by atoms with Crippen LogP contribution in [0.1, 0.15) is 18.9 Å². The summed E-state index contributed by atoms with van der Waals surface area (Å²) in [4.78, 5) is 4.39. The molecule has 0 spiro atoms. The van der Waals surface area contributed by atoms with Gasteiger partial charge in [0.1, 0.15) is 5.52 Å². The molecule has 16 heavy (non-hydrogen) atoms. The predicted octanol–water partition coefficient (Wildman–Crippen LogP) is 1.97. The molecule has 4 nitrogen and oxygen atoms in total. The van der Waals surface area contributed by atoms with Gasteiger partial charge in [0.05, 0.1) is 17.5 Å². The first-order chi connectivity index (χ1) is 7.86.